The molecule has 6 nitrogen and oxygen atoms in total. The minimum absolute atomic E-state index is 0.0265. The molecule has 35 heavy (non-hydrogen) atoms. The van der Waals surface area contributed by atoms with Crippen LogP contribution in [-0.4, -0.2) is 39.7 Å². The van der Waals surface area contributed by atoms with Crippen molar-refractivity contribution in [2.24, 2.45) is 23.2 Å². The Balaban J connectivity index is 1.62. The van der Waals surface area contributed by atoms with Crippen LogP contribution in [0.3, 0.4) is 0 Å². The minimum atomic E-state index is -1.41. The predicted molar refractivity (Wildman–Crippen MR) is 135 cm³/mol. The van der Waals surface area contributed by atoms with E-state index in [-0.39, 0.29) is 48.2 Å². The maximum Gasteiger partial charge on any atom is 0.235 e. The number of allylic oxidation sites excluding steroid dienone is 1. The van der Waals surface area contributed by atoms with Crippen molar-refractivity contribution in [3.8, 4) is 0 Å². The lowest BCUT2D eigenvalue weighted by molar-refractivity contribution is -0.148. The molecule has 2 aliphatic carbocycles. The molecule has 2 aromatic rings. The van der Waals surface area contributed by atoms with Crippen LogP contribution in [0.25, 0.3) is 10.9 Å². The number of aliphatic hydroxyl groups excluding tert-OH is 1. The number of nitrogens with one attached hydrogen (secondary N) is 2. The lowest BCUT2D eigenvalue weighted by atomic mass is 9.54. The molecule has 3 N–H and O–H groups in total. The van der Waals surface area contributed by atoms with Crippen LogP contribution in [0, 0.1) is 23.2 Å². The van der Waals surface area contributed by atoms with E-state index in [2.05, 4.69) is 16.4 Å². The number of amides is 1. The van der Waals surface area contributed by atoms with Crippen molar-refractivity contribution in [2.45, 2.75) is 65.0 Å². The molecule has 1 saturated heterocycles. The van der Waals surface area contributed by atoms with Crippen LogP contribution in [0.5, 0.6) is 0 Å². The molecule has 3 aliphatic rings. The normalized spacial score (nSPS) is 33.9. The second-order valence-corrected chi connectivity index (χ2v) is 10.8. The SMILES string of the molecule is CC1=C(C)C2C(Cc3c[nH]c4ccccc34)NC(=O)C23C(=O)CCC(=O)CC(C)CC=CC3C1O. The second-order valence-electron chi connectivity index (χ2n) is 10.8. The number of ketones is 2. The topological polar surface area (TPSA) is 99.3 Å². The van der Waals surface area contributed by atoms with Crippen molar-refractivity contribution in [3.63, 3.8) is 0 Å². The summed E-state index contributed by atoms with van der Waals surface area (Å²) in [5.74, 6) is -1.38. The van der Waals surface area contributed by atoms with Gasteiger partial charge in [0.05, 0.1) is 6.10 Å². The van der Waals surface area contributed by atoms with Crippen molar-refractivity contribution in [2.75, 3.05) is 0 Å². The third-order valence-electron chi connectivity index (χ3n) is 8.65. The van der Waals surface area contributed by atoms with Crippen molar-refractivity contribution >= 4 is 28.4 Å². The zero-order valence-corrected chi connectivity index (χ0v) is 20.6. The highest BCUT2D eigenvalue weighted by atomic mass is 16.3. The summed E-state index contributed by atoms with van der Waals surface area (Å²) in [6.07, 6.45) is 6.73. The smallest absolute Gasteiger partial charge is 0.235 e. The molecule has 6 heteroatoms. The Morgan fingerprint density at radius 1 is 1.09 bits per heavy atom. The largest absolute Gasteiger partial charge is 0.388 e. The fraction of sp³-hybridized carbons (Fsp3) is 0.483. The molecular weight excluding hydrogens is 440 g/mol. The summed E-state index contributed by atoms with van der Waals surface area (Å²) in [6, 6.07) is 7.76. The van der Waals surface area contributed by atoms with Gasteiger partial charge in [0, 0.05) is 54.2 Å². The predicted octanol–water partition coefficient (Wildman–Crippen LogP) is 4.04. The Hall–Kier alpha value is -2.99. The zero-order chi connectivity index (χ0) is 24.9. The Labute approximate surface area is 205 Å². The van der Waals surface area contributed by atoms with Gasteiger partial charge >= 0.3 is 0 Å². The Kier molecular flexibility index (Phi) is 6.04. The van der Waals surface area contributed by atoms with Gasteiger partial charge in [-0.3, -0.25) is 14.4 Å². The number of Topliss-reactive ketones (excluding diaryl/α,β-unsaturated/α-hetero) is 2. The van der Waals surface area contributed by atoms with Gasteiger partial charge in [0.1, 0.15) is 17.0 Å². The van der Waals surface area contributed by atoms with Gasteiger partial charge < -0.3 is 15.4 Å². The summed E-state index contributed by atoms with van der Waals surface area (Å²) in [6.45, 7) is 5.87. The summed E-state index contributed by atoms with van der Waals surface area (Å²) in [5.41, 5.74) is 2.42. The summed E-state index contributed by atoms with van der Waals surface area (Å²) in [5, 5.41) is 15.6. The Bertz CT molecular complexity index is 1250. The van der Waals surface area contributed by atoms with E-state index in [1.807, 2.05) is 57.3 Å². The van der Waals surface area contributed by atoms with Gasteiger partial charge in [-0.15, -0.1) is 0 Å². The van der Waals surface area contributed by atoms with E-state index < -0.39 is 17.4 Å². The average molecular weight is 475 g/mol. The molecule has 1 spiro atoms. The molecule has 1 amide bonds. The molecule has 0 bridgehead atoms. The molecule has 0 radical (unpaired) electrons. The Morgan fingerprint density at radius 3 is 2.66 bits per heavy atom. The number of aliphatic hydroxyl groups is 1. The fourth-order valence-electron chi connectivity index (χ4n) is 6.77. The lowest BCUT2D eigenvalue weighted by Gasteiger charge is -2.46. The van der Waals surface area contributed by atoms with Crippen LogP contribution in [-0.2, 0) is 20.8 Å². The third kappa shape index (κ3) is 3.70. The van der Waals surface area contributed by atoms with E-state index in [4.69, 9.17) is 0 Å². The van der Waals surface area contributed by atoms with Crippen molar-refractivity contribution in [1.29, 1.82) is 0 Å². The van der Waals surface area contributed by atoms with Gasteiger partial charge in [0.15, 0.2) is 0 Å². The highest BCUT2D eigenvalue weighted by molar-refractivity contribution is 6.10. The third-order valence-corrected chi connectivity index (χ3v) is 8.65. The first-order valence-corrected chi connectivity index (χ1v) is 12.7. The number of rotatable bonds is 2. The summed E-state index contributed by atoms with van der Waals surface area (Å²) in [7, 11) is 0. The molecule has 6 unspecified atom stereocenters. The molecule has 1 aliphatic heterocycles. The van der Waals surface area contributed by atoms with Crippen LogP contribution < -0.4 is 5.32 Å². The quantitative estimate of drug-likeness (QED) is 0.452. The number of H-pyrrole nitrogens is 1. The number of aromatic amines is 1. The monoisotopic (exact) mass is 474 g/mol. The van der Waals surface area contributed by atoms with Gasteiger partial charge in [-0.25, -0.2) is 0 Å². The molecule has 0 saturated carbocycles. The number of aromatic nitrogens is 1. The van der Waals surface area contributed by atoms with Crippen LogP contribution in [0.4, 0.5) is 0 Å². The summed E-state index contributed by atoms with van der Waals surface area (Å²) < 4.78 is 0. The number of hydrogen-bond donors (Lipinski definition) is 3. The molecule has 1 fully saturated rings. The second kappa shape index (κ2) is 8.90. The number of benzene rings is 1. The molecule has 2 heterocycles. The van der Waals surface area contributed by atoms with Crippen LogP contribution in [0.15, 0.2) is 53.8 Å². The van der Waals surface area contributed by atoms with Crippen molar-refractivity contribution in [3.05, 3.63) is 59.3 Å². The number of para-hydroxylation sites is 1. The van der Waals surface area contributed by atoms with Gasteiger partial charge in [-0.1, -0.05) is 42.8 Å². The van der Waals surface area contributed by atoms with E-state index in [1.165, 1.54) is 0 Å². The van der Waals surface area contributed by atoms with Crippen LogP contribution in [0.2, 0.25) is 0 Å². The van der Waals surface area contributed by atoms with E-state index in [1.54, 1.807) is 0 Å². The molecule has 6 atom stereocenters. The van der Waals surface area contributed by atoms with Crippen LogP contribution >= 0.6 is 0 Å². The Morgan fingerprint density at radius 2 is 1.86 bits per heavy atom. The number of carbonyl (C=O) groups is 3. The molecule has 184 valence electrons. The molecule has 5 rings (SSSR count). The van der Waals surface area contributed by atoms with E-state index >= 15 is 0 Å². The first kappa shape index (κ1) is 23.7. The number of fused-ring (bicyclic) bond motifs is 1. The average Bonchev–Trinajstić information content (AvgIpc) is 3.36. The van der Waals surface area contributed by atoms with E-state index in [0.717, 1.165) is 27.6 Å². The van der Waals surface area contributed by atoms with Gasteiger partial charge in [0.2, 0.25) is 5.91 Å². The fourth-order valence-corrected chi connectivity index (χ4v) is 6.77. The minimum Gasteiger partial charge on any atom is -0.388 e. The van der Waals surface area contributed by atoms with E-state index in [9.17, 15) is 19.5 Å². The van der Waals surface area contributed by atoms with Crippen molar-refractivity contribution in [1.82, 2.24) is 10.3 Å². The molecular formula is C29H34N2O4. The first-order chi connectivity index (χ1) is 16.7. The zero-order valence-electron chi connectivity index (χ0n) is 20.6. The summed E-state index contributed by atoms with van der Waals surface area (Å²) >= 11 is 0. The van der Waals surface area contributed by atoms with Crippen LogP contribution in [0.1, 0.15) is 52.0 Å². The maximum absolute atomic E-state index is 14.0. The first-order valence-electron chi connectivity index (χ1n) is 12.7. The van der Waals surface area contributed by atoms with Crippen molar-refractivity contribution < 1.29 is 19.5 Å². The highest BCUT2D eigenvalue weighted by Crippen LogP contribution is 2.55. The number of hydrogen-bond acceptors (Lipinski definition) is 4. The number of carbonyl (C=O) groups excluding carboxylic acids is 3. The van der Waals surface area contributed by atoms with E-state index in [0.29, 0.717) is 19.3 Å². The summed E-state index contributed by atoms with van der Waals surface area (Å²) in [4.78, 5) is 43.7. The standard InChI is InChI=1S/C29H34N2O4/c1-16-7-6-9-22-27(34)18(3)17(2)26-24(14-19-15-30-23-10-5-4-8-21(19)23)31-28(35)29(22,26)25(33)12-11-20(32)13-16/h4-6,8-10,15-16,22,24,26-27,30,34H,7,11-14H2,1-3H3,(H,31,35). The lowest BCUT2D eigenvalue weighted by Crippen LogP contribution is -2.55. The van der Waals surface area contributed by atoms with Gasteiger partial charge in [0.25, 0.3) is 0 Å². The highest BCUT2D eigenvalue weighted by Gasteiger charge is 2.66. The van der Waals surface area contributed by atoms with Gasteiger partial charge in [-0.2, -0.15) is 0 Å². The maximum atomic E-state index is 14.0. The van der Waals surface area contributed by atoms with Gasteiger partial charge in [-0.05, 0) is 49.8 Å². The molecule has 1 aromatic heterocycles. The molecule has 1 aromatic carbocycles.